The van der Waals surface area contributed by atoms with Crippen molar-refractivity contribution in [2.45, 2.75) is 18.7 Å². The number of hydrogen-bond donors (Lipinski definition) is 1. The first-order chi connectivity index (χ1) is 8.40. The van der Waals surface area contributed by atoms with E-state index in [2.05, 4.69) is 9.88 Å². The van der Waals surface area contributed by atoms with E-state index >= 15 is 0 Å². The summed E-state index contributed by atoms with van der Waals surface area (Å²) in [7, 11) is -3.82. The van der Waals surface area contributed by atoms with Gasteiger partial charge in [0.1, 0.15) is 11.5 Å². The monoisotopic (exact) mass is 270 g/mol. The molecule has 0 saturated heterocycles. The lowest BCUT2D eigenvalue weighted by molar-refractivity contribution is 0.390. The van der Waals surface area contributed by atoms with Gasteiger partial charge in [-0.15, -0.1) is 0 Å². The molecule has 1 N–H and O–H groups in total. The fraction of sp³-hybridized carbons (Fsp3) is 0.182. The minimum atomic E-state index is -3.82. The predicted octanol–water partition coefficient (Wildman–Crippen LogP) is 2.23. The second-order valence-electron chi connectivity index (χ2n) is 3.77. The average Bonchev–Trinajstić information content (AvgIpc) is 2.58. The Hall–Kier alpha value is -1.89. The molecule has 0 spiro atoms. The molecule has 1 heterocycles. The molecule has 0 atom stereocenters. The molecule has 2 rings (SSSR count). The number of sulfonamides is 1. The van der Waals surface area contributed by atoms with E-state index in [0.717, 1.165) is 6.07 Å². The minimum Gasteiger partial charge on any atom is -0.360 e. The fourth-order valence-electron chi connectivity index (χ4n) is 1.62. The Bertz CT molecular complexity index is 660. The van der Waals surface area contributed by atoms with Crippen LogP contribution in [0.4, 0.5) is 10.1 Å². The number of aromatic nitrogens is 1. The molecule has 0 amide bonds. The zero-order chi connectivity index (χ0) is 13.3. The van der Waals surface area contributed by atoms with E-state index in [0.29, 0.717) is 0 Å². The lowest BCUT2D eigenvalue weighted by Crippen LogP contribution is -2.14. The molecular weight excluding hydrogens is 259 g/mol. The highest BCUT2D eigenvalue weighted by atomic mass is 32.2. The summed E-state index contributed by atoms with van der Waals surface area (Å²) in [6.45, 7) is 3.02. The summed E-state index contributed by atoms with van der Waals surface area (Å²) in [5, 5.41) is 3.57. The van der Waals surface area contributed by atoms with E-state index in [-0.39, 0.29) is 22.0 Å². The number of halogens is 1. The maximum absolute atomic E-state index is 13.0. The Kier molecular flexibility index (Phi) is 3.08. The lowest BCUT2D eigenvalue weighted by Gasteiger charge is -2.07. The molecule has 96 valence electrons. The third-order valence-electron chi connectivity index (χ3n) is 2.31. The first-order valence-electron chi connectivity index (χ1n) is 5.11. The Morgan fingerprint density at radius 2 is 2.06 bits per heavy atom. The molecule has 7 heteroatoms. The SMILES string of the molecule is Cc1noc(C)c1S(=O)(=O)Nc1cccc(F)c1. The quantitative estimate of drug-likeness (QED) is 0.928. The fourth-order valence-corrected chi connectivity index (χ4v) is 3.00. The van der Waals surface area contributed by atoms with Crippen molar-refractivity contribution in [2.24, 2.45) is 0 Å². The first-order valence-corrected chi connectivity index (χ1v) is 6.60. The normalized spacial score (nSPS) is 11.5. The molecule has 0 aliphatic heterocycles. The number of anilines is 1. The van der Waals surface area contributed by atoms with Gasteiger partial charge in [-0.25, -0.2) is 12.8 Å². The summed E-state index contributed by atoms with van der Waals surface area (Å²) in [5.74, 6) is -0.328. The second-order valence-corrected chi connectivity index (χ2v) is 5.39. The van der Waals surface area contributed by atoms with Gasteiger partial charge < -0.3 is 4.52 Å². The van der Waals surface area contributed by atoms with Gasteiger partial charge >= 0.3 is 0 Å². The number of benzene rings is 1. The molecule has 0 saturated carbocycles. The molecule has 0 fully saturated rings. The van der Waals surface area contributed by atoms with Gasteiger partial charge in [0.05, 0.1) is 5.69 Å². The largest absolute Gasteiger partial charge is 0.360 e. The van der Waals surface area contributed by atoms with Crippen molar-refractivity contribution in [3.63, 3.8) is 0 Å². The van der Waals surface area contributed by atoms with E-state index in [4.69, 9.17) is 4.52 Å². The average molecular weight is 270 g/mol. The van der Waals surface area contributed by atoms with Gasteiger partial charge in [0.25, 0.3) is 10.0 Å². The van der Waals surface area contributed by atoms with Crippen molar-refractivity contribution in [1.29, 1.82) is 0 Å². The van der Waals surface area contributed by atoms with Crippen LogP contribution in [-0.4, -0.2) is 13.6 Å². The van der Waals surface area contributed by atoms with Crippen LogP contribution in [0.15, 0.2) is 33.7 Å². The van der Waals surface area contributed by atoms with Crippen LogP contribution in [0.2, 0.25) is 0 Å². The standard InChI is InChI=1S/C11H11FN2O3S/c1-7-11(8(2)17-13-7)18(15,16)14-10-5-3-4-9(12)6-10/h3-6,14H,1-2H3. The number of aryl methyl sites for hydroxylation is 2. The van der Waals surface area contributed by atoms with E-state index in [1.54, 1.807) is 0 Å². The lowest BCUT2D eigenvalue weighted by atomic mass is 10.3. The van der Waals surface area contributed by atoms with Crippen LogP contribution < -0.4 is 4.72 Å². The Labute approximate surface area is 104 Å². The van der Waals surface area contributed by atoms with Crippen molar-refractivity contribution in [1.82, 2.24) is 5.16 Å². The van der Waals surface area contributed by atoms with Crippen molar-refractivity contribution in [3.05, 3.63) is 41.5 Å². The topological polar surface area (TPSA) is 72.2 Å². The van der Waals surface area contributed by atoms with Gasteiger partial charge in [0.15, 0.2) is 10.7 Å². The molecule has 2 aromatic rings. The maximum Gasteiger partial charge on any atom is 0.267 e. The van der Waals surface area contributed by atoms with Crippen LogP contribution in [-0.2, 0) is 10.0 Å². The van der Waals surface area contributed by atoms with Gasteiger partial charge in [0, 0.05) is 0 Å². The molecular formula is C11H11FN2O3S. The summed E-state index contributed by atoms with van der Waals surface area (Å²) in [5.41, 5.74) is 0.409. The molecule has 18 heavy (non-hydrogen) atoms. The highest BCUT2D eigenvalue weighted by Gasteiger charge is 2.24. The third-order valence-corrected chi connectivity index (χ3v) is 3.94. The molecule has 1 aromatic heterocycles. The molecule has 0 radical (unpaired) electrons. The smallest absolute Gasteiger partial charge is 0.267 e. The van der Waals surface area contributed by atoms with Gasteiger partial charge in [-0.1, -0.05) is 11.2 Å². The van der Waals surface area contributed by atoms with Crippen molar-refractivity contribution in [3.8, 4) is 0 Å². The van der Waals surface area contributed by atoms with E-state index in [1.807, 2.05) is 0 Å². The van der Waals surface area contributed by atoms with Crippen LogP contribution in [0.3, 0.4) is 0 Å². The zero-order valence-corrected chi connectivity index (χ0v) is 10.6. The number of nitrogens with zero attached hydrogens (tertiary/aromatic N) is 1. The van der Waals surface area contributed by atoms with Crippen LogP contribution >= 0.6 is 0 Å². The molecule has 1 aromatic carbocycles. The van der Waals surface area contributed by atoms with E-state index in [1.165, 1.54) is 32.0 Å². The maximum atomic E-state index is 13.0. The highest BCUT2D eigenvalue weighted by molar-refractivity contribution is 7.92. The minimum absolute atomic E-state index is 0.0215. The van der Waals surface area contributed by atoms with Crippen LogP contribution in [0.25, 0.3) is 0 Å². The summed E-state index contributed by atoms with van der Waals surface area (Å²) < 4.78 is 44.2. The van der Waals surface area contributed by atoms with Crippen molar-refractivity contribution < 1.29 is 17.3 Å². The summed E-state index contributed by atoms with van der Waals surface area (Å²) in [6.07, 6.45) is 0. The highest BCUT2D eigenvalue weighted by Crippen LogP contribution is 2.22. The second kappa shape index (κ2) is 4.41. The van der Waals surface area contributed by atoms with Gasteiger partial charge in [-0.05, 0) is 32.0 Å². The summed E-state index contributed by atoms with van der Waals surface area (Å²) in [6, 6.07) is 5.20. The Morgan fingerprint density at radius 3 is 2.61 bits per heavy atom. The number of hydrogen-bond acceptors (Lipinski definition) is 4. The molecule has 5 nitrogen and oxygen atoms in total. The zero-order valence-electron chi connectivity index (χ0n) is 9.77. The molecule has 0 aliphatic rings. The number of nitrogens with one attached hydrogen (secondary N) is 1. The van der Waals surface area contributed by atoms with E-state index in [9.17, 15) is 12.8 Å². The van der Waals surface area contributed by atoms with Crippen molar-refractivity contribution >= 4 is 15.7 Å². The number of rotatable bonds is 3. The summed E-state index contributed by atoms with van der Waals surface area (Å²) >= 11 is 0. The molecule has 0 aliphatic carbocycles. The van der Waals surface area contributed by atoms with Gasteiger partial charge in [0.2, 0.25) is 0 Å². The first kappa shape index (κ1) is 12.6. The molecule has 0 unspecified atom stereocenters. The van der Waals surface area contributed by atoms with Crippen LogP contribution in [0.5, 0.6) is 0 Å². The Morgan fingerprint density at radius 1 is 1.33 bits per heavy atom. The van der Waals surface area contributed by atoms with E-state index < -0.39 is 15.8 Å². The van der Waals surface area contributed by atoms with Gasteiger partial charge in [-0.2, -0.15) is 0 Å². The summed E-state index contributed by atoms with van der Waals surface area (Å²) in [4.78, 5) is -0.0215. The van der Waals surface area contributed by atoms with Gasteiger partial charge in [-0.3, -0.25) is 4.72 Å². The Balaban J connectivity index is 2.39. The van der Waals surface area contributed by atoms with Crippen LogP contribution in [0, 0.1) is 19.7 Å². The van der Waals surface area contributed by atoms with Crippen LogP contribution in [0.1, 0.15) is 11.5 Å². The van der Waals surface area contributed by atoms with Crippen molar-refractivity contribution in [2.75, 3.05) is 4.72 Å². The molecule has 0 bridgehead atoms. The third kappa shape index (κ3) is 2.35. The predicted molar refractivity (Wildman–Crippen MR) is 63.2 cm³/mol.